The number of nitrogens with one attached hydrogen (secondary N) is 1. The first-order chi connectivity index (χ1) is 7.74. The molecule has 3 N–H and O–H groups in total. The summed E-state index contributed by atoms with van der Waals surface area (Å²) in [6.07, 6.45) is 2.01. The van der Waals surface area contributed by atoms with Crippen molar-refractivity contribution in [1.29, 1.82) is 0 Å². The van der Waals surface area contributed by atoms with Crippen molar-refractivity contribution in [2.24, 2.45) is 5.84 Å². The number of benzene rings is 1. The highest BCUT2D eigenvalue weighted by atomic mass is 35.5. The van der Waals surface area contributed by atoms with Gasteiger partial charge in [-0.2, -0.15) is 0 Å². The van der Waals surface area contributed by atoms with Crippen LogP contribution < -0.4 is 11.3 Å². The molecule has 16 heavy (non-hydrogen) atoms. The minimum Gasteiger partial charge on any atom is -0.308 e. The SMILES string of the molecule is CCCc1cc2cc(Cl)ccc2nc1NN. The first-order valence-corrected chi connectivity index (χ1v) is 5.68. The molecule has 0 spiro atoms. The Morgan fingerprint density at radius 2 is 2.19 bits per heavy atom. The first-order valence-electron chi connectivity index (χ1n) is 5.30. The molecular formula is C12H14ClN3. The minimum atomic E-state index is 0.727. The monoisotopic (exact) mass is 235 g/mol. The molecule has 84 valence electrons. The van der Waals surface area contributed by atoms with Gasteiger partial charge in [0.1, 0.15) is 5.82 Å². The zero-order valence-corrected chi connectivity index (χ0v) is 9.88. The lowest BCUT2D eigenvalue weighted by Gasteiger charge is -2.09. The van der Waals surface area contributed by atoms with Crippen molar-refractivity contribution in [3.8, 4) is 0 Å². The minimum absolute atomic E-state index is 0.727. The van der Waals surface area contributed by atoms with Crippen LogP contribution in [0.1, 0.15) is 18.9 Å². The third-order valence-corrected chi connectivity index (χ3v) is 2.75. The Morgan fingerprint density at radius 1 is 1.38 bits per heavy atom. The number of hydrogen-bond donors (Lipinski definition) is 2. The molecule has 2 aromatic rings. The fourth-order valence-corrected chi connectivity index (χ4v) is 1.96. The molecule has 0 saturated heterocycles. The topological polar surface area (TPSA) is 50.9 Å². The maximum absolute atomic E-state index is 5.95. The highest BCUT2D eigenvalue weighted by Gasteiger charge is 2.05. The molecule has 0 amide bonds. The van der Waals surface area contributed by atoms with Gasteiger partial charge in [-0.05, 0) is 36.2 Å². The van der Waals surface area contributed by atoms with E-state index in [0.29, 0.717) is 0 Å². The van der Waals surface area contributed by atoms with E-state index >= 15 is 0 Å². The van der Waals surface area contributed by atoms with Gasteiger partial charge in [0.25, 0.3) is 0 Å². The van der Waals surface area contributed by atoms with Gasteiger partial charge in [-0.1, -0.05) is 24.9 Å². The second-order valence-corrected chi connectivity index (χ2v) is 4.16. The number of hydrogen-bond acceptors (Lipinski definition) is 3. The standard InChI is InChI=1S/C12H14ClN3/c1-2-3-8-6-9-7-10(13)4-5-11(9)15-12(8)16-14/h4-7H,2-3,14H2,1H3,(H,15,16). The third-order valence-electron chi connectivity index (χ3n) is 2.51. The molecule has 0 aliphatic heterocycles. The summed E-state index contributed by atoms with van der Waals surface area (Å²) in [5.41, 5.74) is 4.67. The smallest absolute Gasteiger partial charge is 0.143 e. The molecule has 0 saturated carbocycles. The zero-order chi connectivity index (χ0) is 11.5. The quantitative estimate of drug-likeness (QED) is 0.635. The van der Waals surface area contributed by atoms with Crippen molar-refractivity contribution in [3.05, 3.63) is 34.9 Å². The summed E-state index contributed by atoms with van der Waals surface area (Å²) in [6, 6.07) is 7.74. The van der Waals surface area contributed by atoms with Crippen LogP contribution in [0.25, 0.3) is 10.9 Å². The molecule has 0 atom stereocenters. The lowest BCUT2D eigenvalue weighted by atomic mass is 10.1. The van der Waals surface area contributed by atoms with E-state index in [1.165, 1.54) is 0 Å². The number of aryl methyl sites for hydroxylation is 1. The molecule has 1 heterocycles. The predicted molar refractivity (Wildman–Crippen MR) is 68.6 cm³/mol. The van der Waals surface area contributed by atoms with Gasteiger partial charge in [0.05, 0.1) is 5.52 Å². The van der Waals surface area contributed by atoms with Gasteiger partial charge in [0.15, 0.2) is 0 Å². The normalized spacial score (nSPS) is 10.7. The van der Waals surface area contributed by atoms with E-state index < -0.39 is 0 Å². The third kappa shape index (κ3) is 2.10. The predicted octanol–water partition coefficient (Wildman–Crippen LogP) is 3.13. The lowest BCUT2D eigenvalue weighted by Crippen LogP contribution is -2.11. The maximum atomic E-state index is 5.95. The Hall–Kier alpha value is -1.32. The van der Waals surface area contributed by atoms with E-state index in [4.69, 9.17) is 17.4 Å². The van der Waals surface area contributed by atoms with Crippen molar-refractivity contribution >= 4 is 28.3 Å². The molecule has 1 aromatic heterocycles. The average molecular weight is 236 g/mol. The molecule has 2 rings (SSSR count). The van der Waals surface area contributed by atoms with Crippen LogP contribution in [0.15, 0.2) is 24.3 Å². The van der Waals surface area contributed by atoms with E-state index in [0.717, 1.165) is 40.1 Å². The first kappa shape index (κ1) is 11.2. The van der Waals surface area contributed by atoms with Gasteiger partial charge in [-0.3, -0.25) is 0 Å². The number of halogens is 1. The fourth-order valence-electron chi connectivity index (χ4n) is 1.78. The van der Waals surface area contributed by atoms with Gasteiger partial charge in [0, 0.05) is 10.4 Å². The molecule has 0 aliphatic rings. The van der Waals surface area contributed by atoms with Gasteiger partial charge in [-0.15, -0.1) is 0 Å². The van der Waals surface area contributed by atoms with Crippen molar-refractivity contribution in [1.82, 2.24) is 4.98 Å². The van der Waals surface area contributed by atoms with Crippen molar-refractivity contribution in [3.63, 3.8) is 0 Å². The van der Waals surface area contributed by atoms with Crippen LogP contribution in [0.3, 0.4) is 0 Å². The van der Waals surface area contributed by atoms with Gasteiger partial charge >= 0.3 is 0 Å². The number of nitrogen functional groups attached to an aromatic ring is 1. The molecule has 0 unspecified atom stereocenters. The van der Waals surface area contributed by atoms with E-state index in [-0.39, 0.29) is 0 Å². The molecule has 1 aromatic carbocycles. The Balaban J connectivity index is 2.60. The summed E-state index contributed by atoms with van der Waals surface area (Å²) in [4.78, 5) is 4.46. The molecule has 0 aliphatic carbocycles. The highest BCUT2D eigenvalue weighted by Crippen LogP contribution is 2.23. The summed E-state index contributed by atoms with van der Waals surface area (Å²) in [5.74, 6) is 6.21. The average Bonchev–Trinajstić information content (AvgIpc) is 2.28. The summed E-state index contributed by atoms with van der Waals surface area (Å²) in [6.45, 7) is 2.13. The van der Waals surface area contributed by atoms with Crippen LogP contribution in [0.2, 0.25) is 5.02 Å². The summed E-state index contributed by atoms with van der Waals surface area (Å²) >= 11 is 5.95. The lowest BCUT2D eigenvalue weighted by molar-refractivity contribution is 0.917. The van der Waals surface area contributed by atoms with Gasteiger partial charge < -0.3 is 5.43 Å². The van der Waals surface area contributed by atoms with Crippen LogP contribution in [-0.2, 0) is 6.42 Å². The fraction of sp³-hybridized carbons (Fsp3) is 0.250. The Kier molecular flexibility index (Phi) is 3.27. The molecule has 3 nitrogen and oxygen atoms in total. The Morgan fingerprint density at radius 3 is 2.88 bits per heavy atom. The number of anilines is 1. The van der Waals surface area contributed by atoms with Crippen LogP contribution in [0.5, 0.6) is 0 Å². The molecule has 4 heteroatoms. The largest absolute Gasteiger partial charge is 0.308 e. The zero-order valence-electron chi connectivity index (χ0n) is 9.13. The van der Waals surface area contributed by atoms with Crippen molar-refractivity contribution in [2.75, 3.05) is 5.43 Å². The maximum Gasteiger partial charge on any atom is 0.143 e. The number of nitrogens with two attached hydrogens (primary N) is 1. The summed E-state index contributed by atoms with van der Waals surface area (Å²) < 4.78 is 0. The number of fused-ring (bicyclic) bond motifs is 1. The van der Waals surface area contributed by atoms with E-state index in [1.54, 1.807) is 0 Å². The second-order valence-electron chi connectivity index (χ2n) is 3.73. The molecule has 0 fully saturated rings. The van der Waals surface area contributed by atoms with Crippen molar-refractivity contribution < 1.29 is 0 Å². The number of pyridine rings is 1. The molecular weight excluding hydrogens is 222 g/mol. The second kappa shape index (κ2) is 4.68. The number of nitrogens with zero attached hydrogens (tertiary/aromatic N) is 1. The molecule has 0 bridgehead atoms. The number of hydrazine groups is 1. The van der Waals surface area contributed by atoms with Gasteiger partial charge in [0.2, 0.25) is 0 Å². The van der Waals surface area contributed by atoms with Crippen LogP contribution in [0.4, 0.5) is 5.82 Å². The molecule has 0 radical (unpaired) electrons. The van der Waals surface area contributed by atoms with Crippen molar-refractivity contribution in [2.45, 2.75) is 19.8 Å². The van der Waals surface area contributed by atoms with E-state index in [2.05, 4.69) is 23.4 Å². The van der Waals surface area contributed by atoms with E-state index in [1.807, 2.05) is 18.2 Å². The van der Waals surface area contributed by atoms with E-state index in [9.17, 15) is 0 Å². The summed E-state index contributed by atoms with van der Waals surface area (Å²) in [7, 11) is 0. The van der Waals surface area contributed by atoms with Crippen LogP contribution in [-0.4, -0.2) is 4.98 Å². The van der Waals surface area contributed by atoms with Crippen LogP contribution in [0, 0.1) is 0 Å². The summed E-state index contributed by atoms with van der Waals surface area (Å²) in [5, 5.41) is 1.78. The Bertz CT molecular complexity index is 511. The highest BCUT2D eigenvalue weighted by molar-refractivity contribution is 6.31. The Labute approximate surface area is 99.6 Å². The number of rotatable bonds is 3. The van der Waals surface area contributed by atoms with Gasteiger partial charge in [-0.25, -0.2) is 10.8 Å². The van der Waals surface area contributed by atoms with Crippen LogP contribution >= 0.6 is 11.6 Å². The number of aromatic nitrogens is 1.